The number of benzene rings is 1. The highest BCUT2D eigenvalue weighted by atomic mass is 16.5. The molecule has 0 atom stereocenters. The fourth-order valence-corrected chi connectivity index (χ4v) is 1.01. The smallest absolute Gasteiger partial charge is 0.134 e. The molecule has 0 saturated heterocycles. The molecule has 1 aromatic rings. The van der Waals surface area contributed by atoms with Crippen molar-refractivity contribution in [3.05, 3.63) is 23.8 Å². The number of aromatic hydroxyl groups is 1. The zero-order valence-electron chi connectivity index (χ0n) is 7.95. The van der Waals surface area contributed by atoms with E-state index in [-0.39, 0.29) is 12.4 Å². The Kier molecular flexibility index (Phi) is 3.84. The summed E-state index contributed by atoms with van der Waals surface area (Å²) in [7, 11) is 1.55. The summed E-state index contributed by atoms with van der Waals surface area (Å²) < 4.78 is 5.05. The molecule has 0 spiro atoms. The minimum Gasteiger partial charge on any atom is -0.508 e. The predicted molar refractivity (Wildman–Crippen MR) is 53.2 cm³/mol. The summed E-state index contributed by atoms with van der Waals surface area (Å²) in [6.45, 7) is 0.0358. The van der Waals surface area contributed by atoms with Crippen molar-refractivity contribution in [3.8, 4) is 23.3 Å². The van der Waals surface area contributed by atoms with Crippen LogP contribution in [0.3, 0.4) is 0 Å². The Morgan fingerprint density at radius 3 is 2.86 bits per heavy atom. The Bertz CT molecular complexity index is 361. The van der Waals surface area contributed by atoms with Crippen LogP contribution in [0.5, 0.6) is 11.5 Å². The molecule has 0 aliphatic rings. The van der Waals surface area contributed by atoms with Gasteiger partial charge >= 0.3 is 0 Å². The van der Waals surface area contributed by atoms with E-state index in [1.165, 1.54) is 12.1 Å². The lowest BCUT2D eigenvalue weighted by Crippen LogP contribution is -1.87. The molecule has 0 aliphatic heterocycles. The van der Waals surface area contributed by atoms with Crippen LogP contribution in [0.1, 0.15) is 12.0 Å². The molecule has 0 bridgehead atoms. The van der Waals surface area contributed by atoms with Gasteiger partial charge in [-0.15, -0.1) is 0 Å². The van der Waals surface area contributed by atoms with Gasteiger partial charge in [0.15, 0.2) is 0 Å². The number of ether oxygens (including phenoxy) is 1. The van der Waals surface area contributed by atoms with E-state index < -0.39 is 0 Å². The van der Waals surface area contributed by atoms with Crippen LogP contribution >= 0.6 is 0 Å². The van der Waals surface area contributed by atoms with Crippen molar-refractivity contribution in [1.29, 1.82) is 0 Å². The second kappa shape index (κ2) is 5.15. The van der Waals surface area contributed by atoms with Gasteiger partial charge in [-0.05, 0) is 18.2 Å². The number of rotatable bonds is 2. The number of aliphatic hydroxyl groups excluding tert-OH is 1. The van der Waals surface area contributed by atoms with E-state index in [0.717, 1.165) is 0 Å². The lowest BCUT2D eigenvalue weighted by molar-refractivity contribution is 0.305. The van der Waals surface area contributed by atoms with Crippen LogP contribution in [0, 0.1) is 11.8 Å². The maximum absolute atomic E-state index is 9.22. The van der Waals surface area contributed by atoms with Gasteiger partial charge in [0, 0.05) is 6.42 Å². The van der Waals surface area contributed by atoms with Gasteiger partial charge in [-0.3, -0.25) is 0 Å². The number of phenolic OH excluding ortho intramolecular Hbond substituents is 1. The van der Waals surface area contributed by atoms with E-state index >= 15 is 0 Å². The minimum atomic E-state index is 0.0358. The van der Waals surface area contributed by atoms with Gasteiger partial charge in [-0.1, -0.05) is 11.8 Å². The molecule has 74 valence electrons. The van der Waals surface area contributed by atoms with E-state index in [2.05, 4.69) is 11.8 Å². The fraction of sp³-hybridized carbons (Fsp3) is 0.273. The Hall–Kier alpha value is -1.66. The second-order valence-corrected chi connectivity index (χ2v) is 2.66. The van der Waals surface area contributed by atoms with E-state index in [1.807, 2.05) is 0 Å². The van der Waals surface area contributed by atoms with Crippen molar-refractivity contribution in [2.45, 2.75) is 6.42 Å². The molecule has 0 amide bonds. The first kappa shape index (κ1) is 10.4. The van der Waals surface area contributed by atoms with Crippen LogP contribution in [0.25, 0.3) is 0 Å². The molecule has 0 aromatic heterocycles. The summed E-state index contributed by atoms with van der Waals surface area (Å²) in [5, 5.41) is 17.8. The number of methoxy groups -OCH3 is 1. The Morgan fingerprint density at radius 2 is 2.21 bits per heavy atom. The van der Waals surface area contributed by atoms with Gasteiger partial charge in [-0.25, -0.2) is 0 Å². The number of phenols is 1. The molecule has 0 aliphatic carbocycles. The Balaban J connectivity index is 2.94. The molecule has 0 heterocycles. The van der Waals surface area contributed by atoms with Gasteiger partial charge in [-0.2, -0.15) is 0 Å². The molecule has 2 N–H and O–H groups in total. The topological polar surface area (TPSA) is 49.7 Å². The number of hydrogen-bond acceptors (Lipinski definition) is 3. The third kappa shape index (κ3) is 2.68. The molecule has 0 unspecified atom stereocenters. The van der Waals surface area contributed by atoms with E-state index in [0.29, 0.717) is 17.7 Å². The zero-order chi connectivity index (χ0) is 10.4. The van der Waals surface area contributed by atoms with Crippen LogP contribution in [-0.4, -0.2) is 23.9 Å². The van der Waals surface area contributed by atoms with Crippen molar-refractivity contribution in [2.75, 3.05) is 13.7 Å². The molecule has 0 saturated carbocycles. The lowest BCUT2D eigenvalue weighted by atomic mass is 10.2. The first-order valence-corrected chi connectivity index (χ1v) is 4.24. The normalized spacial score (nSPS) is 9.00. The average Bonchev–Trinajstić information content (AvgIpc) is 2.19. The summed E-state index contributed by atoms with van der Waals surface area (Å²) in [4.78, 5) is 0. The van der Waals surface area contributed by atoms with Gasteiger partial charge in [0.05, 0.1) is 19.3 Å². The third-order valence-electron chi connectivity index (χ3n) is 1.64. The third-order valence-corrected chi connectivity index (χ3v) is 1.64. The van der Waals surface area contributed by atoms with Crippen LogP contribution in [0.15, 0.2) is 18.2 Å². The van der Waals surface area contributed by atoms with Crippen molar-refractivity contribution in [3.63, 3.8) is 0 Å². The minimum absolute atomic E-state index is 0.0358. The standard InChI is InChI=1S/C11H12O3/c1-14-11-6-5-10(13)8-9(11)4-2-3-7-12/h5-6,8,12-13H,3,7H2,1H3. The summed E-state index contributed by atoms with van der Waals surface area (Å²) in [5.41, 5.74) is 0.626. The Morgan fingerprint density at radius 1 is 1.43 bits per heavy atom. The SMILES string of the molecule is COc1ccc(O)cc1C#CCCO. The number of aliphatic hydroxyl groups is 1. The highest BCUT2D eigenvalue weighted by molar-refractivity contribution is 5.49. The molecular formula is C11H12O3. The maximum atomic E-state index is 9.22. The molecule has 1 aromatic carbocycles. The molecule has 3 heteroatoms. The first-order valence-electron chi connectivity index (χ1n) is 4.24. The van der Waals surface area contributed by atoms with E-state index in [1.54, 1.807) is 13.2 Å². The summed E-state index contributed by atoms with van der Waals surface area (Å²) in [6, 6.07) is 4.72. The van der Waals surface area contributed by atoms with Crippen LogP contribution < -0.4 is 4.74 Å². The molecule has 1 rings (SSSR count). The molecule has 0 fully saturated rings. The van der Waals surface area contributed by atoms with Gasteiger partial charge in [0.25, 0.3) is 0 Å². The van der Waals surface area contributed by atoms with Crippen molar-refractivity contribution in [2.24, 2.45) is 0 Å². The fourth-order valence-electron chi connectivity index (χ4n) is 1.01. The lowest BCUT2D eigenvalue weighted by Gasteiger charge is -2.02. The van der Waals surface area contributed by atoms with Gasteiger partial charge < -0.3 is 14.9 Å². The largest absolute Gasteiger partial charge is 0.508 e. The maximum Gasteiger partial charge on any atom is 0.134 e. The highest BCUT2D eigenvalue weighted by Crippen LogP contribution is 2.21. The Labute approximate surface area is 83.0 Å². The average molecular weight is 192 g/mol. The molecule has 0 radical (unpaired) electrons. The van der Waals surface area contributed by atoms with Gasteiger partial charge in [0.2, 0.25) is 0 Å². The first-order chi connectivity index (χ1) is 6.77. The van der Waals surface area contributed by atoms with Gasteiger partial charge in [0.1, 0.15) is 11.5 Å². The van der Waals surface area contributed by atoms with Crippen LogP contribution in [0.2, 0.25) is 0 Å². The molecule has 3 nitrogen and oxygen atoms in total. The second-order valence-electron chi connectivity index (χ2n) is 2.66. The summed E-state index contributed by atoms with van der Waals surface area (Å²) in [5.74, 6) is 6.34. The van der Waals surface area contributed by atoms with E-state index in [9.17, 15) is 5.11 Å². The van der Waals surface area contributed by atoms with Crippen LogP contribution in [-0.2, 0) is 0 Å². The van der Waals surface area contributed by atoms with Crippen molar-refractivity contribution >= 4 is 0 Å². The van der Waals surface area contributed by atoms with E-state index in [4.69, 9.17) is 9.84 Å². The number of hydrogen-bond donors (Lipinski definition) is 2. The predicted octanol–water partition coefficient (Wildman–Crippen LogP) is 1.13. The monoisotopic (exact) mass is 192 g/mol. The van der Waals surface area contributed by atoms with Crippen molar-refractivity contribution in [1.82, 2.24) is 0 Å². The summed E-state index contributed by atoms with van der Waals surface area (Å²) >= 11 is 0. The quantitative estimate of drug-likeness (QED) is 0.691. The van der Waals surface area contributed by atoms with Crippen LogP contribution in [0.4, 0.5) is 0 Å². The molecular weight excluding hydrogens is 180 g/mol. The summed E-state index contributed by atoms with van der Waals surface area (Å²) in [6.07, 6.45) is 0.415. The zero-order valence-corrected chi connectivity index (χ0v) is 7.95. The highest BCUT2D eigenvalue weighted by Gasteiger charge is 1.99. The van der Waals surface area contributed by atoms with Crippen molar-refractivity contribution < 1.29 is 14.9 Å². The molecule has 14 heavy (non-hydrogen) atoms.